The van der Waals surface area contributed by atoms with E-state index in [0.29, 0.717) is 5.69 Å². The molecule has 1 unspecified atom stereocenters. The quantitative estimate of drug-likeness (QED) is 0.833. The first-order chi connectivity index (χ1) is 9.19. The standard InChI is InChI=1S/C15H22N4/c1-12(2)5-6-13-4-3-9-19(11-13)15-8-7-14(10-16)17-18-15/h7-8,12-13H,3-6,9,11H2,1-2H3. The molecule has 0 spiro atoms. The summed E-state index contributed by atoms with van der Waals surface area (Å²) in [4.78, 5) is 2.31. The number of aromatic nitrogens is 2. The zero-order valence-corrected chi connectivity index (χ0v) is 11.8. The Morgan fingerprint density at radius 2 is 2.26 bits per heavy atom. The molecule has 0 N–H and O–H groups in total. The van der Waals surface area contributed by atoms with Crippen LogP contribution >= 0.6 is 0 Å². The second kappa shape index (κ2) is 6.51. The molecule has 1 saturated heterocycles. The third-order valence-corrected chi connectivity index (χ3v) is 3.76. The smallest absolute Gasteiger partial charge is 0.163 e. The van der Waals surface area contributed by atoms with Crippen molar-refractivity contribution in [2.24, 2.45) is 11.8 Å². The van der Waals surface area contributed by atoms with Gasteiger partial charge < -0.3 is 4.90 Å². The number of piperidine rings is 1. The lowest BCUT2D eigenvalue weighted by molar-refractivity contribution is 0.359. The summed E-state index contributed by atoms with van der Waals surface area (Å²) in [6, 6.07) is 5.67. The zero-order chi connectivity index (χ0) is 13.7. The molecule has 1 aliphatic rings. The third-order valence-electron chi connectivity index (χ3n) is 3.76. The van der Waals surface area contributed by atoms with Crippen molar-refractivity contribution in [1.29, 1.82) is 5.26 Å². The van der Waals surface area contributed by atoms with Gasteiger partial charge in [0, 0.05) is 13.1 Å². The van der Waals surface area contributed by atoms with E-state index in [2.05, 4.69) is 28.9 Å². The third kappa shape index (κ3) is 3.92. The van der Waals surface area contributed by atoms with Crippen LogP contribution in [0.3, 0.4) is 0 Å². The van der Waals surface area contributed by atoms with Gasteiger partial charge in [-0.1, -0.05) is 20.3 Å². The van der Waals surface area contributed by atoms with Crippen LogP contribution in [0.2, 0.25) is 0 Å². The van der Waals surface area contributed by atoms with Crippen molar-refractivity contribution in [3.8, 4) is 6.07 Å². The van der Waals surface area contributed by atoms with Crippen LogP contribution < -0.4 is 4.90 Å². The molecule has 1 fully saturated rings. The maximum atomic E-state index is 8.74. The van der Waals surface area contributed by atoms with Crippen LogP contribution in [0.15, 0.2) is 12.1 Å². The Morgan fingerprint density at radius 1 is 1.42 bits per heavy atom. The molecule has 1 aliphatic heterocycles. The minimum atomic E-state index is 0.386. The molecule has 1 aromatic rings. The normalized spacial score (nSPS) is 19.5. The van der Waals surface area contributed by atoms with Gasteiger partial charge in [-0.2, -0.15) is 5.26 Å². The molecular weight excluding hydrogens is 236 g/mol. The topological polar surface area (TPSA) is 52.8 Å². The van der Waals surface area contributed by atoms with Crippen molar-refractivity contribution in [3.63, 3.8) is 0 Å². The molecule has 19 heavy (non-hydrogen) atoms. The number of hydrogen-bond donors (Lipinski definition) is 0. The van der Waals surface area contributed by atoms with E-state index in [4.69, 9.17) is 5.26 Å². The molecule has 0 aromatic carbocycles. The monoisotopic (exact) mass is 258 g/mol. The fourth-order valence-corrected chi connectivity index (χ4v) is 2.63. The SMILES string of the molecule is CC(C)CCC1CCCN(c2ccc(C#N)nn2)C1. The first-order valence-electron chi connectivity index (χ1n) is 7.18. The van der Waals surface area contributed by atoms with Crippen molar-refractivity contribution in [2.45, 2.75) is 39.5 Å². The molecule has 0 aliphatic carbocycles. The summed E-state index contributed by atoms with van der Waals surface area (Å²) in [5.74, 6) is 2.46. The van der Waals surface area contributed by atoms with E-state index in [1.165, 1.54) is 25.7 Å². The van der Waals surface area contributed by atoms with Crippen molar-refractivity contribution >= 4 is 5.82 Å². The van der Waals surface area contributed by atoms with Gasteiger partial charge in [-0.25, -0.2) is 0 Å². The van der Waals surface area contributed by atoms with E-state index in [1.807, 2.05) is 12.1 Å². The van der Waals surface area contributed by atoms with Crippen LogP contribution in [0.5, 0.6) is 0 Å². The second-order valence-corrected chi connectivity index (χ2v) is 5.81. The van der Waals surface area contributed by atoms with E-state index >= 15 is 0 Å². The molecular formula is C15H22N4. The lowest BCUT2D eigenvalue weighted by Crippen LogP contribution is -2.36. The van der Waals surface area contributed by atoms with Gasteiger partial charge >= 0.3 is 0 Å². The maximum Gasteiger partial charge on any atom is 0.163 e. The van der Waals surface area contributed by atoms with Crippen LogP contribution in [0.1, 0.15) is 45.2 Å². The highest BCUT2D eigenvalue weighted by Crippen LogP contribution is 2.25. The lowest BCUT2D eigenvalue weighted by atomic mass is 9.91. The lowest BCUT2D eigenvalue weighted by Gasteiger charge is -2.33. The predicted octanol–water partition coefficient (Wildman–Crippen LogP) is 3.00. The van der Waals surface area contributed by atoms with Crippen molar-refractivity contribution < 1.29 is 0 Å². The Hall–Kier alpha value is -1.63. The fourth-order valence-electron chi connectivity index (χ4n) is 2.63. The van der Waals surface area contributed by atoms with Gasteiger partial charge in [-0.05, 0) is 43.2 Å². The number of hydrogen-bond acceptors (Lipinski definition) is 4. The van der Waals surface area contributed by atoms with E-state index in [9.17, 15) is 0 Å². The van der Waals surface area contributed by atoms with Crippen LogP contribution in [0, 0.1) is 23.2 Å². The first-order valence-corrected chi connectivity index (χ1v) is 7.18. The largest absolute Gasteiger partial charge is 0.355 e. The Labute approximate surface area is 115 Å². The molecule has 1 aromatic heterocycles. The van der Waals surface area contributed by atoms with Gasteiger partial charge in [-0.3, -0.25) is 0 Å². The highest BCUT2D eigenvalue weighted by molar-refractivity contribution is 5.39. The molecule has 0 saturated carbocycles. The van der Waals surface area contributed by atoms with Crippen molar-refractivity contribution in [1.82, 2.24) is 10.2 Å². The van der Waals surface area contributed by atoms with E-state index in [-0.39, 0.29) is 0 Å². The minimum Gasteiger partial charge on any atom is -0.355 e. The van der Waals surface area contributed by atoms with Gasteiger partial charge in [0.25, 0.3) is 0 Å². The van der Waals surface area contributed by atoms with Crippen molar-refractivity contribution in [3.05, 3.63) is 17.8 Å². The van der Waals surface area contributed by atoms with Gasteiger partial charge in [0.15, 0.2) is 11.5 Å². The zero-order valence-electron chi connectivity index (χ0n) is 11.8. The second-order valence-electron chi connectivity index (χ2n) is 5.81. The Balaban J connectivity index is 1.94. The highest BCUT2D eigenvalue weighted by Gasteiger charge is 2.21. The molecule has 102 valence electrons. The molecule has 0 amide bonds. The number of nitrogens with zero attached hydrogens (tertiary/aromatic N) is 4. The van der Waals surface area contributed by atoms with E-state index in [0.717, 1.165) is 30.7 Å². The molecule has 1 atom stereocenters. The average Bonchev–Trinajstić information content (AvgIpc) is 2.45. The van der Waals surface area contributed by atoms with Gasteiger partial charge in [-0.15, -0.1) is 10.2 Å². The Bertz CT molecular complexity index is 432. The predicted molar refractivity (Wildman–Crippen MR) is 75.8 cm³/mol. The minimum absolute atomic E-state index is 0.386. The number of anilines is 1. The van der Waals surface area contributed by atoms with Crippen LogP contribution in [-0.4, -0.2) is 23.3 Å². The van der Waals surface area contributed by atoms with E-state index in [1.54, 1.807) is 6.07 Å². The van der Waals surface area contributed by atoms with Gasteiger partial charge in [0.1, 0.15) is 6.07 Å². The fraction of sp³-hybridized carbons (Fsp3) is 0.667. The average molecular weight is 258 g/mol. The molecule has 0 radical (unpaired) electrons. The number of rotatable bonds is 4. The summed E-state index contributed by atoms with van der Waals surface area (Å²) in [5, 5.41) is 16.8. The summed E-state index contributed by atoms with van der Waals surface area (Å²) < 4.78 is 0. The Morgan fingerprint density at radius 3 is 2.89 bits per heavy atom. The van der Waals surface area contributed by atoms with Crippen LogP contribution in [0.25, 0.3) is 0 Å². The summed E-state index contributed by atoms with van der Waals surface area (Å²) in [6.07, 6.45) is 5.16. The van der Waals surface area contributed by atoms with Crippen molar-refractivity contribution in [2.75, 3.05) is 18.0 Å². The Kier molecular flexibility index (Phi) is 4.73. The van der Waals surface area contributed by atoms with Gasteiger partial charge in [0.05, 0.1) is 0 Å². The summed E-state index contributed by atoms with van der Waals surface area (Å²) in [5.41, 5.74) is 0.386. The van der Waals surface area contributed by atoms with E-state index < -0.39 is 0 Å². The molecule has 2 heterocycles. The molecule has 4 heteroatoms. The maximum absolute atomic E-state index is 8.74. The summed E-state index contributed by atoms with van der Waals surface area (Å²) in [6.45, 7) is 6.70. The van der Waals surface area contributed by atoms with Gasteiger partial charge in [0.2, 0.25) is 0 Å². The summed E-state index contributed by atoms with van der Waals surface area (Å²) >= 11 is 0. The first kappa shape index (κ1) is 13.8. The van der Waals surface area contributed by atoms with Crippen LogP contribution in [-0.2, 0) is 0 Å². The number of nitriles is 1. The summed E-state index contributed by atoms with van der Waals surface area (Å²) in [7, 11) is 0. The van der Waals surface area contributed by atoms with Crippen LogP contribution in [0.4, 0.5) is 5.82 Å². The highest BCUT2D eigenvalue weighted by atomic mass is 15.3. The molecule has 2 rings (SSSR count). The molecule has 4 nitrogen and oxygen atoms in total. The molecule has 0 bridgehead atoms.